The zero-order chi connectivity index (χ0) is 22.8. The molecule has 0 N–H and O–H groups in total. The molecule has 3 heteroatoms. The SMILES string of the molecule is C=CCCc1ccc(C2CC=C(c3ccc(-c4ccc(C5CO5)c(Cl)c4F)cc3)CC2)cc1. The topological polar surface area (TPSA) is 12.5 Å². The third-order valence-corrected chi connectivity index (χ3v) is 7.24. The number of epoxide rings is 1. The van der Waals surface area contributed by atoms with Crippen LogP contribution in [-0.4, -0.2) is 6.61 Å². The van der Waals surface area contributed by atoms with E-state index in [4.69, 9.17) is 16.3 Å². The molecule has 5 rings (SSSR count). The molecule has 3 aromatic carbocycles. The van der Waals surface area contributed by atoms with Crippen LogP contribution in [0.5, 0.6) is 0 Å². The molecular weight excluding hydrogens is 431 g/mol. The molecule has 33 heavy (non-hydrogen) atoms. The second kappa shape index (κ2) is 9.67. The van der Waals surface area contributed by atoms with E-state index in [0.717, 1.165) is 43.2 Å². The van der Waals surface area contributed by atoms with Crippen LogP contribution in [0.1, 0.15) is 60.0 Å². The van der Waals surface area contributed by atoms with E-state index < -0.39 is 0 Å². The number of hydrogen-bond acceptors (Lipinski definition) is 1. The lowest BCUT2D eigenvalue weighted by Gasteiger charge is -2.23. The maximum absolute atomic E-state index is 14.9. The predicted octanol–water partition coefficient (Wildman–Crippen LogP) is 8.69. The summed E-state index contributed by atoms with van der Waals surface area (Å²) in [7, 11) is 0. The molecule has 0 spiro atoms. The van der Waals surface area contributed by atoms with Crippen LogP contribution in [-0.2, 0) is 11.2 Å². The minimum atomic E-state index is -0.368. The molecule has 0 radical (unpaired) electrons. The van der Waals surface area contributed by atoms with Crippen molar-refractivity contribution in [2.75, 3.05) is 6.61 Å². The quantitative estimate of drug-likeness (QED) is 0.255. The highest BCUT2D eigenvalue weighted by Crippen LogP contribution is 2.40. The Hall–Kier alpha value is -2.68. The Morgan fingerprint density at radius 2 is 1.73 bits per heavy atom. The van der Waals surface area contributed by atoms with Crippen LogP contribution in [0, 0.1) is 5.82 Å². The van der Waals surface area contributed by atoms with Crippen LogP contribution in [0.3, 0.4) is 0 Å². The monoisotopic (exact) mass is 458 g/mol. The van der Waals surface area contributed by atoms with Gasteiger partial charge in [-0.3, -0.25) is 0 Å². The zero-order valence-electron chi connectivity index (χ0n) is 18.7. The smallest absolute Gasteiger partial charge is 0.149 e. The standard InChI is InChI=1S/C30H28ClFO/c1-2-3-4-20-5-7-21(8-6-20)22-9-11-23(12-10-22)24-13-15-25(16-14-24)26-17-18-27(28-19-33-28)29(31)30(26)32/h2,5-8,11,13-18,22,28H,1,3-4,9-10,12,19H2. The second-order valence-electron chi connectivity index (χ2n) is 9.00. The second-order valence-corrected chi connectivity index (χ2v) is 9.38. The van der Waals surface area contributed by atoms with Crippen molar-refractivity contribution in [1.29, 1.82) is 0 Å². The fourth-order valence-corrected chi connectivity index (χ4v) is 5.04. The van der Waals surface area contributed by atoms with Crippen molar-refractivity contribution in [2.45, 2.75) is 44.1 Å². The van der Waals surface area contributed by atoms with Crippen LogP contribution < -0.4 is 0 Å². The van der Waals surface area contributed by atoms with Crippen LogP contribution in [0.2, 0.25) is 5.02 Å². The van der Waals surface area contributed by atoms with E-state index in [0.29, 0.717) is 18.1 Å². The highest BCUT2D eigenvalue weighted by molar-refractivity contribution is 6.32. The molecule has 3 aromatic rings. The molecule has 1 aliphatic heterocycles. The van der Waals surface area contributed by atoms with Gasteiger partial charge >= 0.3 is 0 Å². The largest absolute Gasteiger partial charge is 0.368 e. The van der Waals surface area contributed by atoms with Gasteiger partial charge in [0.1, 0.15) is 11.9 Å². The summed E-state index contributed by atoms with van der Waals surface area (Å²) in [4.78, 5) is 0. The van der Waals surface area contributed by atoms with E-state index in [2.05, 4.69) is 49.1 Å². The number of halogens is 2. The van der Waals surface area contributed by atoms with Crippen molar-refractivity contribution >= 4 is 17.2 Å². The average molecular weight is 459 g/mol. The van der Waals surface area contributed by atoms with Gasteiger partial charge in [-0.05, 0) is 65.8 Å². The van der Waals surface area contributed by atoms with Gasteiger partial charge in [-0.15, -0.1) is 6.58 Å². The fourth-order valence-electron chi connectivity index (χ4n) is 4.75. The van der Waals surface area contributed by atoms with Crippen molar-refractivity contribution in [1.82, 2.24) is 0 Å². The molecule has 2 aliphatic rings. The lowest BCUT2D eigenvalue weighted by atomic mass is 9.82. The molecular formula is C30H28ClFO. The molecule has 1 nitrogen and oxygen atoms in total. The van der Waals surface area contributed by atoms with E-state index in [1.807, 2.05) is 24.3 Å². The van der Waals surface area contributed by atoms with Crippen molar-refractivity contribution < 1.29 is 9.13 Å². The van der Waals surface area contributed by atoms with Crippen molar-refractivity contribution in [3.8, 4) is 11.1 Å². The van der Waals surface area contributed by atoms with Gasteiger partial charge in [0.15, 0.2) is 0 Å². The normalized spacial score (nSPS) is 19.8. The number of rotatable bonds is 7. The Balaban J connectivity index is 1.27. The number of ether oxygens (including phenoxy) is 1. The molecule has 1 fully saturated rings. The third kappa shape index (κ3) is 4.83. The summed E-state index contributed by atoms with van der Waals surface area (Å²) in [5.74, 6) is 0.208. The summed E-state index contributed by atoms with van der Waals surface area (Å²) in [5, 5.41) is 0.175. The molecule has 2 unspecified atom stereocenters. The highest BCUT2D eigenvalue weighted by atomic mass is 35.5. The first kappa shape index (κ1) is 22.1. The van der Waals surface area contributed by atoms with E-state index in [1.165, 1.54) is 22.3 Å². The van der Waals surface area contributed by atoms with Crippen molar-refractivity contribution in [3.63, 3.8) is 0 Å². The van der Waals surface area contributed by atoms with Gasteiger partial charge in [0.25, 0.3) is 0 Å². The van der Waals surface area contributed by atoms with E-state index in [-0.39, 0.29) is 16.9 Å². The molecule has 0 saturated carbocycles. The molecule has 168 valence electrons. The molecule has 2 atom stereocenters. The summed E-state index contributed by atoms with van der Waals surface area (Å²) < 4.78 is 20.1. The number of aryl methyl sites for hydroxylation is 1. The molecule has 1 heterocycles. The van der Waals surface area contributed by atoms with Gasteiger partial charge < -0.3 is 4.74 Å². The van der Waals surface area contributed by atoms with Crippen molar-refractivity contribution in [2.24, 2.45) is 0 Å². The van der Waals surface area contributed by atoms with Crippen LogP contribution in [0.25, 0.3) is 16.7 Å². The van der Waals surface area contributed by atoms with Gasteiger partial charge in [-0.25, -0.2) is 4.39 Å². The van der Waals surface area contributed by atoms with E-state index in [1.54, 1.807) is 6.07 Å². The highest BCUT2D eigenvalue weighted by Gasteiger charge is 2.29. The van der Waals surface area contributed by atoms with E-state index in [9.17, 15) is 4.39 Å². The Bertz CT molecular complexity index is 1170. The van der Waals surface area contributed by atoms with Gasteiger partial charge in [-0.1, -0.05) is 84.4 Å². The summed E-state index contributed by atoms with van der Waals surface area (Å²) in [6.07, 6.45) is 9.62. The number of hydrogen-bond donors (Lipinski definition) is 0. The first-order valence-electron chi connectivity index (χ1n) is 11.7. The van der Waals surface area contributed by atoms with Gasteiger partial charge in [0, 0.05) is 11.1 Å². The van der Waals surface area contributed by atoms with Gasteiger partial charge in [-0.2, -0.15) is 0 Å². The van der Waals surface area contributed by atoms with Gasteiger partial charge in [0.2, 0.25) is 0 Å². The summed E-state index contributed by atoms with van der Waals surface area (Å²) >= 11 is 6.26. The predicted molar refractivity (Wildman–Crippen MR) is 135 cm³/mol. The average Bonchev–Trinajstić information content (AvgIpc) is 3.70. The summed E-state index contributed by atoms with van der Waals surface area (Å²) in [5.41, 5.74) is 7.50. The minimum Gasteiger partial charge on any atom is -0.368 e. The molecule has 1 saturated heterocycles. The first-order chi connectivity index (χ1) is 16.1. The Labute approximate surface area is 200 Å². The van der Waals surface area contributed by atoms with Crippen LogP contribution in [0.4, 0.5) is 4.39 Å². The fraction of sp³-hybridized carbons (Fsp3) is 0.267. The Morgan fingerprint density at radius 3 is 2.36 bits per heavy atom. The maximum atomic E-state index is 14.9. The van der Waals surface area contributed by atoms with Crippen LogP contribution >= 0.6 is 11.6 Å². The molecule has 0 amide bonds. The van der Waals surface area contributed by atoms with Crippen molar-refractivity contribution in [3.05, 3.63) is 112 Å². The number of benzene rings is 3. The lowest BCUT2D eigenvalue weighted by molar-refractivity contribution is 0.415. The maximum Gasteiger partial charge on any atom is 0.149 e. The summed E-state index contributed by atoms with van der Waals surface area (Å²) in [6.45, 7) is 4.42. The van der Waals surface area contributed by atoms with E-state index >= 15 is 0 Å². The Morgan fingerprint density at radius 1 is 1.00 bits per heavy atom. The third-order valence-electron chi connectivity index (χ3n) is 6.86. The molecule has 0 aromatic heterocycles. The molecule has 1 aliphatic carbocycles. The van der Waals surface area contributed by atoms with Gasteiger partial charge in [0.05, 0.1) is 11.6 Å². The number of allylic oxidation sites excluding steroid dienone is 3. The van der Waals surface area contributed by atoms with Crippen LogP contribution in [0.15, 0.2) is 79.4 Å². The summed E-state index contributed by atoms with van der Waals surface area (Å²) in [6, 6.07) is 21.0. The Kier molecular flexibility index (Phi) is 6.48. The molecule has 0 bridgehead atoms. The zero-order valence-corrected chi connectivity index (χ0v) is 19.5. The minimum absolute atomic E-state index is 0.0549. The lowest BCUT2D eigenvalue weighted by Crippen LogP contribution is -2.04. The first-order valence-corrected chi connectivity index (χ1v) is 12.1.